The van der Waals surface area contributed by atoms with Crippen LogP contribution in [0.5, 0.6) is 0 Å². The first kappa shape index (κ1) is 15.1. The number of nitrogens with one attached hydrogen (secondary N) is 1. The lowest BCUT2D eigenvalue weighted by molar-refractivity contribution is -0.171. The summed E-state index contributed by atoms with van der Waals surface area (Å²) in [5.74, 6) is -1.22. The van der Waals surface area contributed by atoms with Crippen molar-refractivity contribution < 1.29 is 30.6 Å². The van der Waals surface area contributed by atoms with Gasteiger partial charge in [0.1, 0.15) is 0 Å². The zero-order valence-electron chi connectivity index (χ0n) is 11.1. The first-order valence-corrected chi connectivity index (χ1v) is 8.37. The van der Waals surface area contributed by atoms with Gasteiger partial charge >= 0.3 is 22.4 Å². The fourth-order valence-corrected chi connectivity index (χ4v) is 5.37. The van der Waals surface area contributed by atoms with Crippen LogP contribution in [0.25, 0.3) is 0 Å². The van der Waals surface area contributed by atoms with Gasteiger partial charge in [-0.2, -0.15) is 21.6 Å². The molecule has 0 aromatic heterocycles. The van der Waals surface area contributed by atoms with Gasteiger partial charge in [-0.3, -0.25) is 4.79 Å². The molecular formula is C12H16F3NO4S. The van der Waals surface area contributed by atoms with Gasteiger partial charge in [0.15, 0.2) is 0 Å². The molecule has 4 aliphatic carbocycles. The SMILES string of the molecule is O=C(NS(=O)(=O)OC1C2CC3CC(C2)CC1C3)C(F)(F)F. The lowest BCUT2D eigenvalue weighted by Crippen LogP contribution is -2.52. The molecule has 0 spiro atoms. The molecule has 0 atom stereocenters. The van der Waals surface area contributed by atoms with Gasteiger partial charge in [-0.05, 0) is 55.8 Å². The van der Waals surface area contributed by atoms with E-state index in [2.05, 4.69) is 0 Å². The maximum absolute atomic E-state index is 12.1. The molecule has 0 aromatic carbocycles. The molecule has 1 N–H and O–H groups in total. The minimum absolute atomic E-state index is 0.0683. The van der Waals surface area contributed by atoms with Crippen LogP contribution in [0.15, 0.2) is 0 Å². The van der Waals surface area contributed by atoms with E-state index in [1.807, 2.05) is 0 Å². The Morgan fingerprint density at radius 1 is 1.00 bits per heavy atom. The molecule has 0 saturated heterocycles. The molecule has 5 nitrogen and oxygen atoms in total. The summed E-state index contributed by atoms with van der Waals surface area (Å²) < 4.78 is 65.5. The number of carbonyl (C=O) groups is 1. The van der Waals surface area contributed by atoms with Crippen LogP contribution >= 0.6 is 0 Å². The van der Waals surface area contributed by atoms with E-state index in [-0.39, 0.29) is 11.8 Å². The molecule has 4 rings (SSSR count). The first-order valence-electron chi connectivity index (χ1n) is 6.96. The van der Waals surface area contributed by atoms with Gasteiger partial charge in [0, 0.05) is 0 Å². The molecule has 4 saturated carbocycles. The molecule has 4 aliphatic rings. The number of hydrogen-bond acceptors (Lipinski definition) is 4. The zero-order valence-corrected chi connectivity index (χ0v) is 11.9. The van der Waals surface area contributed by atoms with Crippen molar-refractivity contribution in [3.05, 3.63) is 0 Å². The van der Waals surface area contributed by atoms with E-state index >= 15 is 0 Å². The van der Waals surface area contributed by atoms with E-state index < -0.39 is 28.5 Å². The molecule has 0 unspecified atom stereocenters. The van der Waals surface area contributed by atoms with Gasteiger partial charge in [0.05, 0.1) is 6.10 Å². The summed E-state index contributed by atoms with van der Waals surface area (Å²) in [6.45, 7) is 0. The van der Waals surface area contributed by atoms with Gasteiger partial charge in [-0.15, -0.1) is 0 Å². The average Bonchev–Trinajstić information content (AvgIpc) is 2.31. The Bertz CT molecular complexity index is 517. The van der Waals surface area contributed by atoms with Crippen LogP contribution < -0.4 is 4.72 Å². The molecule has 9 heteroatoms. The zero-order chi connectivity index (χ0) is 15.4. The molecule has 0 radical (unpaired) electrons. The van der Waals surface area contributed by atoms with Gasteiger partial charge in [-0.25, -0.2) is 8.91 Å². The monoisotopic (exact) mass is 327 g/mol. The predicted octanol–water partition coefficient (Wildman–Crippen LogP) is 1.75. The Morgan fingerprint density at radius 2 is 1.48 bits per heavy atom. The van der Waals surface area contributed by atoms with Crippen molar-refractivity contribution in [3.8, 4) is 0 Å². The second-order valence-corrected chi connectivity index (χ2v) is 7.68. The van der Waals surface area contributed by atoms with Crippen molar-refractivity contribution in [2.24, 2.45) is 23.7 Å². The van der Waals surface area contributed by atoms with E-state index in [9.17, 15) is 26.4 Å². The Hall–Kier alpha value is -0.830. The number of alkyl halides is 3. The molecule has 0 aromatic rings. The first-order chi connectivity index (χ1) is 9.64. The van der Waals surface area contributed by atoms with E-state index in [0.717, 1.165) is 36.8 Å². The number of carbonyl (C=O) groups excluding carboxylic acids is 1. The predicted molar refractivity (Wildman–Crippen MR) is 65.0 cm³/mol. The van der Waals surface area contributed by atoms with Gasteiger partial charge in [0.2, 0.25) is 0 Å². The van der Waals surface area contributed by atoms with Crippen LogP contribution in [0.1, 0.15) is 32.1 Å². The van der Waals surface area contributed by atoms with Crippen molar-refractivity contribution in [1.82, 2.24) is 4.72 Å². The second kappa shape index (κ2) is 4.84. The second-order valence-electron chi connectivity index (χ2n) is 6.37. The lowest BCUT2D eigenvalue weighted by atomic mass is 9.55. The van der Waals surface area contributed by atoms with Crippen LogP contribution in [-0.2, 0) is 19.3 Å². The van der Waals surface area contributed by atoms with E-state index in [0.29, 0.717) is 11.8 Å². The normalized spacial score (nSPS) is 38.5. The molecule has 4 bridgehead atoms. The molecule has 120 valence electrons. The van der Waals surface area contributed by atoms with E-state index in [1.54, 1.807) is 0 Å². The minimum atomic E-state index is -5.25. The highest BCUT2D eigenvalue weighted by Gasteiger charge is 2.51. The van der Waals surface area contributed by atoms with Gasteiger partial charge in [-0.1, -0.05) is 0 Å². The number of rotatable bonds is 3. The smallest absolute Gasteiger partial charge is 0.263 e. The molecule has 21 heavy (non-hydrogen) atoms. The summed E-state index contributed by atoms with van der Waals surface area (Å²) in [5.41, 5.74) is 0. The van der Waals surface area contributed by atoms with E-state index in [4.69, 9.17) is 4.18 Å². The highest BCUT2D eigenvalue weighted by molar-refractivity contribution is 7.85. The van der Waals surface area contributed by atoms with Crippen LogP contribution in [0.2, 0.25) is 0 Å². The van der Waals surface area contributed by atoms with Crippen molar-refractivity contribution in [2.45, 2.75) is 44.4 Å². The summed E-state index contributed by atoms with van der Waals surface area (Å²) in [7, 11) is -4.73. The van der Waals surface area contributed by atoms with Gasteiger partial charge in [0.25, 0.3) is 0 Å². The third-order valence-corrected chi connectivity index (χ3v) is 5.76. The number of amides is 1. The van der Waals surface area contributed by atoms with Crippen LogP contribution in [0.3, 0.4) is 0 Å². The standard InChI is InChI=1S/C12H16F3NO4S/c13-12(14,15)11(17)16-21(18,19)20-10-8-2-6-1-7(4-8)5-9(10)3-6/h6-10H,1-5H2,(H,16,17). The largest absolute Gasteiger partial charge is 0.472 e. The summed E-state index contributed by atoms with van der Waals surface area (Å²) in [5, 5.41) is 0. The number of hydrogen-bond donors (Lipinski definition) is 1. The highest BCUT2D eigenvalue weighted by atomic mass is 32.2. The van der Waals surface area contributed by atoms with Crippen molar-refractivity contribution >= 4 is 16.2 Å². The lowest BCUT2D eigenvalue weighted by Gasteiger charge is -2.53. The maximum Gasteiger partial charge on any atom is 0.472 e. The molecular weight excluding hydrogens is 311 g/mol. The molecule has 0 aliphatic heterocycles. The molecule has 0 heterocycles. The molecule has 1 amide bonds. The maximum atomic E-state index is 12.1. The Morgan fingerprint density at radius 3 is 1.90 bits per heavy atom. The number of halogens is 3. The summed E-state index contributed by atoms with van der Waals surface area (Å²) in [6.07, 6.45) is -1.24. The van der Waals surface area contributed by atoms with Crippen molar-refractivity contribution in [3.63, 3.8) is 0 Å². The Balaban J connectivity index is 1.67. The average molecular weight is 327 g/mol. The van der Waals surface area contributed by atoms with Crippen molar-refractivity contribution in [2.75, 3.05) is 0 Å². The molecule has 4 fully saturated rings. The van der Waals surface area contributed by atoms with Crippen LogP contribution in [-0.4, -0.2) is 26.6 Å². The minimum Gasteiger partial charge on any atom is -0.263 e. The Labute approximate surface area is 120 Å². The van der Waals surface area contributed by atoms with Crippen molar-refractivity contribution in [1.29, 1.82) is 0 Å². The fraction of sp³-hybridized carbons (Fsp3) is 0.917. The summed E-state index contributed by atoms with van der Waals surface area (Å²) >= 11 is 0. The fourth-order valence-electron chi connectivity index (χ4n) is 4.37. The summed E-state index contributed by atoms with van der Waals surface area (Å²) in [4.78, 5) is 10.7. The third-order valence-electron chi connectivity index (χ3n) is 4.85. The van der Waals surface area contributed by atoms with E-state index in [1.165, 1.54) is 0 Å². The quantitative estimate of drug-likeness (QED) is 0.857. The van der Waals surface area contributed by atoms with Crippen LogP contribution in [0.4, 0.5) is 13.2 Å². The topological polar surface area (TPSA) is 72.5 Å². The summed E-state index contributed by atoms with van der Waals surface area (Å²) in [6, 6.07) is 0. The third kappa shape index (κ3) is 3.03. The highest BCUT2D eigenvalue weighted by Crippen LogP contribution is 2.54. The van der Waals surface area contributed by atoms with Gasteiger partial charge < -0.3 is 0 Å². The van der Waals surface area contributed by atoms with Crippen LogP contribution in [0, 0.1) is 23.7 Å². The Kier molecular flexibility index (Phi) is 3.47.